The topological polar surface area (TPSA) is 54.3 Å². The average molecular weight is 507 g/mol. The smallest absolute Gasteiger partial charge is 0.137 e. The van der Waals surface area contributed by atoms with Gasteiger partial charge >= 0.3 is 0 Å². The first-order valence-electron chi connectivity index (χ1n) is 13.5. The Morgan fingerprint density at radius 3 is 2.78 bits per heavy atom. The van der Waals surface area contributed by atoms with E-state index in [-0.39, 0.29) is 12.8 Å². The van der Waals surface area contributed by atoms with Crippen LogP contribution in [0.25, 0.3) is 5.57 Å². The molecule has 5 nitrogen and oxygen atoms in total. The molecule has 1 saturated heterocycles. The van der Waals surface area contributed by atoms with Crippen LogP contribution in [0.15, 0.2) is 64.7 Å². The number of likely N-dealkylation sites (tertiary alicyclic amines) is 1. The van der Waals surface area contributed by atoms with Crippen molar-refractivity contribution in [2.24, 2.45) is 4.99 Å². The summed E-state index contributed by atoms with van der Waals surface area (Å²) >= 11 is 0. The Hall–Kier alpha value is -2.96. The molecule has 1 N–H and O–H groups in total. The molecule has 1 atom stereocenters. The Morgan fingerprint density at radius 1 is 1.19 bits per heavy atom. The zero-order chi connectivity index (χ0) is 26.0. The number of halogens is 1. The zero-order valence-corrected chi connectivity index (χ0v) is 22.1. The van der Waals surface area contributed by atoms with Gasteiger partial charge in [0.05, 0.1) is 6.67 Å². The van der Waals surface area contributed by atoms with Crippen LogP contribution in [0.5, 0.6) is 11.5 Å². The molecule has 0 amide bonds. The van der Waals surface area contributed by atoms with E-state index in [0.29, 0.717) is 25.5 Å². The van der Waals surface area contributed by atoms with Crippen molar-refractivity contribution in [1.29, 1.82) is 0 Å². The minimum atomic E-state index is -0.266. The minimum absolute atomic E-state index is 0.137. The summed E-state index contributed by atoms with van der Waals surface area (Å²) in [4.78, 5) is 6.78. The monoisotopic (exact) mass is 506 g/mol. The Morgan fingerprint density at radius 2 is 2.03 bits per heavy atom. The van der Waals surface area contributed by atoms with Gasteiger partial charge in [-0.15, -0.1) is 0 Å². The molecule has 1 heterocycles. The summed E-state index contributed by atoms with van der Waals surface area (Å²) in [5, 5.41) is 10.2. The standard InChI is InChI=1S/C31H39FN2O3/c1-3-23(20-33-22-36-4-2)29-8-5-7-25-19-26(35)11-14-30(25)31(29)24-9-12-27(13-10-24)37-28-15-18-34(21-28)17-6-16-32/h3,9-14,19-20,28,35H,4-8,15-18,21-22H2,1-2H3/b23-3+,33-20?. The lowest BCUT2D eigenvalue weighted by Crippen LogP contribution is -2.26. The van der Waals surface area contributed by atoms with Crippen LogP contribution < -0.4 is 4.74 Å². The van der Waals surface area contributed by atoms with Crippen molar-refractivity contribution in [2.45, 2.75) is 52.1 Å². The van der Waals surface area contributed by atoms with Crippen molar-refractivity contribution in [1.82, 2.24) is 4.90 Å². The van der Waals surface area contributed by atoms with E-state index in [0.717, 1.165) is 73.3 Å². The highest BCUT2D eigenvalue weighted by atomic mass is 19.1. The van der Waals surface area contributed by atoms with Crippen LogP contribution in [0, 0.1) is 0 Å². The molecule has 2 aromatic carbocycles. The number of nitrogens with zero attached hydrogens (tertiary/aromatic N) is 2. The van der Waals surface area contributed by atoms with Gasteiger partial charge in [-0.05, 0) is 104 Å². The average Bonchev–Trinajstić information content (AvgIpc) is 3.27. The molecule has 1 unspecified atom stereocenters. The summed E-state index contributed by atoms with van der Waals surface area (Å²) in [6.45, 7) is 7.33. The third-order valence-corrected chi connectivity index (χ3v) is 7.08. The van der Waals surface area contributed by atoms with Gasteiger partial charge in [0.1, 0.15) is 24.3 Å². The summed E-state index contributed by atoms with van der Waals surface area (Å²) in [5.74, 6) is 1.15. The molecule has 1 fully saturated rings. The molecule has 0 radical (unpaired) electrons. The van der Waals surface area contributed by atoms with E-state index in [1.54, 1.807) is 6.07 Å². The van der Waals surface area contributed by atoms with Crippen molar-refractivity contribution >= 4 is 11.8 Å². The van der Waals surface area contributed by atoms with E-state index in [1.165, 1.54) is 11.1 Å². The number of alkyl halides is 1. The highest BCUT2D eigenvalue weighted by Gasteiger charge is 2.24. The van der Waals surface area contributed by atoms with Crippen molar-refractivity contribution in [3.8, 4) is 11.5 Å². The Balaban J connectivity index is 1.63. The second kappa shape index (κ2) is 13.5. The Labute approximate surface area is 220 Å². The number of fused-ring (bicyclic) bond motifs is 1. The molecule has 2 aliphatic rings. The van der Waals surface area contributed by atoms with Crippen LogP contribution in [0.3, 0.4) is 0 Å². The van der Waals surface area contributed by atoms with E-state index in [4.69, 9.17) is 9.47 Å². The van der Waals surface area contributed by atoms with Gasteiger partial charge in [-0.2, -0.15) is 0 Å². The van der Waals surface area contributed by atoms with Crippen LogP contribution in [0.2, 0.25) is 0 Å². The number of aromatic hydroxyl groups is 1. The van der Waals surface area contributed by atoms with Crippen LogP contribution >= 0.6 is 0 Å². The normalized spacial score (nSPS) is 18.9. The quantitative estimate of drug-likeness (QED) is 0.285. The number of rotatable bonds is 11. The van der Waals surface area contributed by atoms with Crippen molar-refractivity contribution in [3.63, 3.8) is 0 Å². The van der Waals surface area contributed by atoms with Crippen molar-refractivity contribution < 1.29 is 19.0 Å². The van der Waals surface area contributed by atoms with Crippen molar-refractivity contribution in [2.75, 3.05) is 39.6 Å². The van der Waals surface area contributed by atoms with Crippen LogP contribution in [0.1, 0.15) is 56.2 Å². The lowest BCUT2D eigenvalue weighted by molar-refractivity contribution is 0.156. The molecule has 0 spiro atoms. The predicted octanol–water partition coefficient (Wildman–Crippen LogP) is 6.35. The fraction of sp³-hybridized carbons (Fsp3) is 0.452. The molecule has 1 aliphatic heterocycles. The number of hydrogen-bond donors (Lipinski definition) is 1. The lowest BCUT2D eigenvalue weighted by Gasteiger charge is -2.19. The summed E-state index contributed by atoms with van der Waals surface area (Å²) < 4.78 is 24.2. The number of ether oxygens (including phenoxy) is 2. The fourth-order valence-corrected chi connectivity index (χ4v) is 5.27. The molecule has 0 bridgehead atoms. The molecule has 6 heteroatoms. The molecule has 0 saturated carbocycles. The van der Waals surface area contributed by atoms with Gasteiger partial charge in [-0.25, -0.2) is 0 Å². The lowest BCUT2D eigenvalue weighted by atomic mass is 9.87. The van der Waals surface area contributed by atoms with E-state index >= 15 is 0 Å². The SMILES string of the molecule is C/C=C(\C=NCOCC)C1=C(c2ccc(OC3CCN(CCCF)C3)cc2)c2ccc(O)cc2CCC1. The number of phenolic OH excluding ortho intramolecular Hbond substituents is 1. The molecular weight excluding hydrogens is 467 g/mol. The Kier molecular flexibility index (Phi) is 9.92. The van der Waals surface area contributed by atoms with E-state index in [9.17, 15) is 9.50 Å². The first-order valence-corrected chi connectivity index (χ1v) is 13.5. The molecule has 1 aliphatic carbocycles. The molecule has 2 aromatic rings. The second-order valence-corrected chi connectivity index (χ2v) is 9.62. The first kappa shape index (κ1) is 27.1. The summed E-state index contributed by atoms with van der Waals surface area (Å²) in [7, 11) is 0. The third-order valence-electron chi connectivity index (χ3n) is 7.08. The fourth-order valence-electron chi connectivity index (χ4n) is 5.27. The maximum atomic E-state index is 12.5. The highest BCUT2D eigenvalue weighted by Crippen LogP contribution is 2.39. The van der Waals surface area contributed by atoms with Gasteiger partial charge in [-0.1, -0.05) is 24.3 Å². The number of aryl methyl sites for hydroxylation is 1. The summed E-state index contributed by atoms with van der Waals surface area (Å²) in [5.41, 5.74) is 6.94. The van der Waals surface area contributed by atoms with Gasteiger partial charge in [0.25, 0.3) is 0 Å². The number of aliphatic imine (C=N–C) groups is 1. The minimum Gasteiger partial charge on any atom is -0.508 e. The molecule has 198 valence electrons. The summed E-state index contributed by atoms with van der Waals surface area (Å²) in [6, 6.07) is 14.1. The van der Waals surface area contributed by atoms with Crippen molar-refractivity contribution in [3.05, 3.63) is 76.4 Å². The molecule has 4 rings (SSSR count). The number of benzene rings is 2. The van der Waals surface area contributed by atoms with Crippen LogP contribution in [-0.2, 0) is 11.2 Å². The van der Waals surface area contributed by atoms with Gasteiger partial charge in [0, 0.05) is 32.5 Å². The number of hydrogen-bond acceptors (Lipinski definition) is 5. The summed E-state index contributed by atoms with van der Waals surface area (Å²) in [6.07, 6.45) is 8.54. The largest absolute Gasteiger partial charge is 0.508 e. The van der Waals surface area contributed by atoms with Gasteiger partial charge in [0.2, 0.25) is 0 Å². The molecule has 37 heavy (non-hydrogen) atoms. The van der Waals surface area contributed by atoms with E-state index in [2.05, 4.69) is 28.1 Å². The van der Waals surface area contributed by atoms with E-state index < -0.39 is 0 Å². The third kappa shape index (κ3) is 7.08. The van der Waals surface area contributed by atoms with E-state index in [1.807, 2.05) is 44.3 Å². The predicted molar refractivity (Wildman–Crippen MR) is 148 cm³/mol. The highest BCUT2D eigenvalue weighted by molar-refractivity contribution is 5.95. The maximum Gasteiger partial charge on any atom is 0.137 e. The van der Waals surface area contributed by atoms with Gasteiger partial charge < -0.3 is 14.6 Å². The molecule has 0 aromatic heterocycles. The molecular formula is C31H39FN2O3. The van der Waals surface area contributed by atoms with Crippen LogP contribution in [0.4, 0.5) is 4.39 Å². The van der Waals surface area contributed by atoms with Crippen LogP contribution in [-0.4, -0.2) is 62.0 Å². The number of allylic oxidation sites excluding steroid dienone is 3. The zero-order valence-electron chi connectivity index (χ0n) is 22.1. The Bertz CT molecular complexity index is 1120. The number of phenols is 1. The van der Waals surface area contributed by atoms with Gasteiger partial charge in [0.15, 0.2) is 0 Å². The maximum absolute atomic E-state index is 12.5. The van der Waals surface area contributed by atoms with Gasteiger partial charge in [-0.3, -0.25) is 14.3 Å². The second-order valence-electron chi connectivity index (χ2n) is 9.62. The first-order chi connectivity index (χ1) is 18.1.